The van der Waals surface area contributed by atoms with Crippen LogP contribution in [0.4, 0.5) is 5.69 Å². The first kappa shape index (κ1) is 27.6. The number of carbonyl (C=O) groups excluding carboxylic acids is 2. The zero-order valence-electron chi connectivity index (χ0n) is 23.0. The van der Waals surface area contributed by atoms with Crippen molar-refractivity contribution in [2.45, 2.75) is 26.9 Å². The van der Waals surface area contributed by atoms with Gasteiger partial charge in [0, 0.05) is 29.4 Å². The molecule has 0 radical (unpaired) electrons. The Bertz CT molecular complexity index is 1500. The van der Waals surface area contributed by atoms with Crippen LogP contribution in [0.5, 0.6) is 5.75 Å². The van der Waals surface area contributed by atoms with E-state index >= 15 is 0 Å². The third-order valence-corrected chi connectivity index (χ3v) is 6.23. The van der Waals surface area contributed by atoms with E-state index in [4.69, 9.17) is 9.47 Å². The van der Waals surface area contributed by atoms with Crippen molar-refractivity contribution in [3.05, 3.63) is 78.5 Å². The molecule has 0 saturated heterocycles. The zero-order chi connectivity index (χ0) is 28.1. The number of hydrogen-bond donors (Lipinski definition) is 2. The maximum atomic E-state index is 12.7. The second-order valence-corrected chi connectivity index (χ2v) is 9.80. The number of aromatic nitrogens is 2. The predicted octanol–water partition coefficient (Wildman–Crippen LogP) is 5.84. The minimum absolute atomic E-state index is 0.250. The molecule has 0 bridgehead atoms. The maximum absolute atomic E-state index is 12.7. The van der Waals surface area contributed by atoms with Gasteiger partial charge in [0.25, 0.3) is 0 Å². The highest BCUT2D eigenvalue weighted by Crippen LogP contribution is 2.41. The lowest BCUT2D eigenvalue weighted by molar-refractivity contribution is -0.111. The van der Waals surface area contributed by atoms with Crippen LogP contribution < -0.4 is 10.1 Å². The normalized spacial score (nSPS) is 11.2. The molecule has 8 nitrogen and oxygen atoms in total. The fourth-order valence-corrected chi connectivity index (χ4v) is 4.25. The average Bonchev–Trinajstić information content (AvgIpc) is 3.28. The van der Waals surface area contributed by atoms with Crippen LogP contribution in [-0.2, 0) is 9.53 Å². The highest BCUT2D eigenvalue weighted by molar-refractivity contribution is 6.07. The van der Waals surface area contributed by atoms with E-state index in [-0.39, 0.29) is 12.0 Å². The van der Waals surface area contributed by atoms with Gasteiger partial charge in [-0.2, -0.15) is 0 Å². The standard InChI is InChI=1S/C31H34N4O4/c1-7-27(36)33-26-10-8-9-24(20(26)4)28-25-17-22(31(37)39-19(2)3)18-32-30(25)34-29(28)21-11-13-23(14-12-21)38-16-15-35(5)6/h7-14,17-19H,1,15-16H2,2-6H3,(H,32,34)(H,33,36). The highest BCUT2D eigenvalue weighted by Gasteiger charge is 2.21. The number of aromatic amines is 1. The summed E-state index contributed by atoms with van der Waals surface area (Å²) in [6, 6.07) is 15.4. The molecule has 2 heterocycles. The Balaban J connectivity index is 1.85. The Hall–Kier alpha value is -4.43. The second-order valence-electron chi connectivity index (χ2n) is 9.80. The predicted molar refractivity (Wildman–Crippen MR) is 155 cm³/mol. The number of esters is 1. The largest absolute Gasteiger partial charge is 0.492 e. The molecule has 0 saturated carbocycles. The van der Waals surface area contributed by atoms with Gasteiger partial charge in [-0.1, -0.05) is 18.7 Å². The Labute approximate surface area is 228 Å². The summed E-state index contributed by atoms with van der Waals surface area (Å²) in [5, 5.41) is 3.65. The molecule has 0 aliphatic heterocycles. The highest BCUT2D eigenvalue weighted by atomic mass is 16.5. The van der Waals surface area contributed by atoms with E-state index in [2.05, 4.69) is 26.8 Å². The fourth-order valence-electron chi connectivity index (χ4n) is 4.25. The van der Waals surface area contributed by atoms with E-state index in [1.165, 1.54) is 12.3 Å². The average molecular weight is 527 g/mol. The summed E-state index contributed by atoms with van der Waals surface area (Å²) >= 11 is 0. The van der Waals surface area contributed by atoms with E-state index in [0.29, 0.717) is 23.5 Å². The maximum Gasteiger partial charge on any atom is 0.339 e. The van der Waals surface area contributed by atoms with Gasteiger partial charge >= 0.3 is 5.97 Å². The molecule has 0 aliphatic carbocycles. The number of anilines is 1. The smallest absolute Gasteiger partial charge is 0.339 e. The third kappa shape index (κ3) is 6.35. The summed E-state index contributed by atoms with van der Waals surface area (Å²) < 4.78 is 11.3. The van der Waals surface area contributed by atoms with Gasteiger partial charge in [-0.3, -0.25) is 4.79 Å². The molecule has 2 aromatic heterocycles. The Morgan fingerprint density at radius 3 is 2.56 bits per heavy atom. The van der Waals surface area contributed by atoms with Crippen LogP contribution >= 0.6 is 0 Å². The van der Waals surface area contributed by atoms with Crippen molar-refractivity contribution in [3.63, 3.8) is 0 Å². The number of likely N-dealkylation sites (N-methyl/N-ethyl adjacent to an activating group) is 1. The van der Waals surface area contributed by atoms with E-state index in [1.807, 2.05) is 77.3 Å². The minimum atomic E-state index is -0.434. The molecule has 202 valence electrons. The van der Waals surface area contributed by atoms with Gasteiger partial charge in [0.15, 0.2) is 0 Å². The molecule has 2 N–H and O–H groups in total. The van der Waals surface area contributed by atoms with Crippen LogP contribution in [0.25, 0.3) is 33.4 Å². The number of hydrogen-bond acceptors (Lipinski definition) is 6. The quantitative estimate of drug-likeness (QED) is 0.199. The summed E-state index contributed by atoms with van der Waals surface area (Å²) in [5.41, 5.74) is 6.05. The van der Waals surface area contributed by atoms with E-state index in [9.17, 15) is 9.59 Å². The number of H-pyrrole nitrogens is 1. The Morgan fingerprint density at radius 1 is 1.15 bits per heavy atom. The first-order valence-corrected chi connectivity index (χ1v) is 12.8. The molecule has 4 aromatic rings. The zero-order valence-corrected chi connectivity index (χ0v) is 23.0. The molecule has 0 fully saturated rings. The SMILES string of the molecule is C=CC(=O)Nc1cccc(-c2c(-c3ccc(OCCN(C)C)cc3)[nH]c3ncc(C(=O)OC(C)C)cc23)c1C. The first-order chi connectivity index (χ1) is 18.7. The van der Waals surface area contributed by atoms with E-state index in [1.54, 1.807) is 6.07 Å². The molecule has 0 aliphatic rings. The van der Waals surface area contributed by atoms with Crippen LogP contribution in [0, 0.1) is 6.92 Å². The molecule has 2 aromatic carbocycles. The van der Waals surface area contributed by atoms with Crippen LogP contribution in [0.3, 0.4) is 0 Å². The number of rotatable bonds is 10. The Morgan fingerprint density at radius 2 is 1.90 bits per heavy atom. The number of fused-ring (bicyclic) bond motifs is 1. The molecular weight excluding hydrogens is 492 g/mol. The van der Waals surface area contributed by atoms with Gasteiger partial charge in [-0.15, -0.1) is 0 Å². The van der Waals surface area contributed by atoms with Gasteiger partial charge in [-0.25, -0.2) is 9.78 Å². The molecule has 0 unspecified atom stereocenters. The number of carbonyl (C=O) groups is 2. The van der Waals surface area contributed by atoms with Crippen molar-refractivity contribution >= 4 is 28.6 Å². The molecular formula is C31H34N4O4. The van der Waals surface area contributed by atoms with Crippen LogP contribution in [0.1, 0.15) is 29.8 Å². The van der Waals surface area contributed by atoms with Crippen molar-refractivity contribution in [3.8, 4) is 28.1 Å². The number of pyridine rings is 1. The lowest BCUT2D eigenvalue weighted by atomic mass is 9.94. The van der Waals surface area contributed by atoms with Gasteiger partial charge < -0.3 is 24.7 Å². The van der Waals surface area contributed by atoms with Crippen LogP contribution in [0.15, 0.2) is 67.4 Å². The fraction of sp³-hybridized carbons (Fsp3) is 0.258. The first-order valence-electron chi connectivity index (χ1n) is 12.8. The monoisotopic (exact) mass is 526 g/mol. The molecule has 0 spiro atoms. The molecule has 4 rings (SSSR count). The Kier molecular flexibility index (Phi) is 8.46. The number of amides is 1. The van der Waals surface area contributed by atoms with Gasteiger partial charge in [0.05, 0.1) is 17.4 Å². The molecule has 0 atom stereocenters. The number of benzene rings is 2. The van der Waals surface area contributed by atoms with Crippen LogP contribution in [-0.4, -0.2) is 60.1 Å². The molecule has 8 heteroatoms. The van der Waals surface area contributed by atoms with Crippen molar-refractivity contribution in [1.82, 2.24) is 14.9 Å². The third-order valence-electron chi connectivity index (χ3n) is 6.23. The van der Waals surface area contributed by atoms with E-state index < -0.39 is 5.97 Å². The van der Waals surface area contributed by atoms with E-state index in [0.717, 1.165) is 45.6 Å². The van der Waals surface area contributed by atoms with Crippen molar-refractivity contribution in [2.75, 3.05) is 32.6 Å². The topological polar surface area (TPSA) is 96.5 Å². The van der Waals surface area contributed by atoms with Gasteiger partial charge in [-0.05, 0) is 94.0 Å². The molecule has 1 amide bonds. The summed E-state index contributed by atoms with van der Waals surface area (Å²) in [6.07, 6.45) is 2.51. The van der Waals surface area contributed by atoms with Crippen molar-refractivity contribution in [1.29, 1.82) is 0 Å². The van der Waals surface area contributed by atoms with Crippen LogP contribution in [0.2, 0.25) is 0 Å². The lowest BCUT2D eigenvalue weighted by Gasteiger charge is -2.14. The second kappa shape index (κ2) is 12.0. The summed E-state index contributed by atoms with van der Waals surface area (Å²) in [5.74, 6) is 0.0519. The molecule has 39 heavy (non-hydrogen) atoms. The lowest BCUT2D eigenvalue weighted by Crippen LogP contribution is -2.19. The van der Waals surface area contributed by atoms with Crippen molar-refractivity contribution < 1.29 is 19.1 Å². The summed E-state index contributed by atoms with van der Waals surface area (Å²) in [7, 11) is 4.01. The summed E-state index contributed by atoms with van der Waals surface area (Å²) in [6.45, 7) is 10.5. The summed E-state index contributed by atoms with van der Waals surface area (Å²) in [4.78, 5) is 34.9. The van der Waals surface area contributed by atoms with Crippen molar-refractivity contribution in [2.24, 2.45) is 0 Å². The number of ether oxygens (including phenoxy) is 2. The number of nitrogens with zero attached hydrogens (tertiary/aromatic N) is 2. The minimum Gasteiger partial charge on any atom is -0.492 e. The van der Waals surface area contributed by atoms with Gasteiger partial charge in [0.2, 0.25) is 5.91 Å². The number of nitrogens with one attached hydrogen (secondary N) is 2. The van der Waals surface area contributed by atoms with Gasteiger partial charge in [0.1, 0.15) is 18.0 Å².